The molecule has 1 unspecified atom stereocenters. The highest BCUT2D eigenvalue weighted by Gasteiger charge is 2.28. The van der Waals surface area contributed by atoms with Crippen molar-refractivity contribution in [3.63, 3.8) is 0 Å². The van der Waals surface area contributed by atoms with Crippen LogP contribution >= 0.6 is 0 Å². The van der Waals surface area contributed by atoms with Gasteiger partial charge in [0.1, 0.15) is 12.1 Å². The van der Waals surface area contributed by atoms with E-state index in [0.717, 1.165) is 56.4 Å². The molecule has 2 aliphatic rings. The molecule has 0 aliphatic carbocycles. The second kappa shape index (κ2) is 9.87. The van der Waals surface area contributed by atoms with Crippen LogP contribution in [0.3, 0.4) is 0 Å². The van der Waals surface area contributed by atoms with Crippen molar-refractivity contribution in [2.75, 3.05) is 37.6 Å². The van der Waals surface area contributed by atoms with Crippen LogP contribution in [0.1, 0.15) is 44.2 Å². The first-order valence-corrected chi connectivity index (χ1v) is 12.2. The Hall–Kier alpha value is -3.00. The number of hydrogen-bond acceptors (Lipinski definition) is 6. The van der Waals surface area contributed by atoms with Crippen LogP contribution in [0, 0.1) is 11.8 Å². The molecule has 3 aromatic rings. The maximum atomic E-state index is 13.1. The molecule has 0 bridgehead atoms. The third kappa shape index (κ3) is 5.00. The maximum Gasteiger partial charge on any atom is 0.223 e. The van der Waals surface area contributed by atoms with Crippen LogP contribution in [-0.2, 0) is 4.79 Å². The van der Waals surface area contributed by atoms with Gasteiger partial charge in [0.25, 0.3) is 0 Å². The van der Waals surface area contributed by atoms with Crippen LogP contribution < -0.4 is 10.2 Å². The van der Waals surface area contributed by atoms with Crippen LogP contribution in [0.4, 0.5) is 5.82 Å². The van der Waals surface area contributed by atoms with E-state index in [4.69, 9.17) is 0 Å². The minimum atomic E-state index is 0.0534. The molecular formula is C25H33N7O. The summed E-state index contributed by atoms with van der Waals surface area (Å²) in [5.74, 6) is 1.93. The number of likely N-dealkylation sites (tertiary alicyclic amines) is 1. The smallest absolute Gasteiger partial charge is 0.223 e. The molecule has 8 heteroatoms. The zero-order valence-corrected chi connectivity index (χ0v) is 19.3. The number of hydrogen-bond donors (Lipinski definition) is 1. The van der Waals surface area contributed by atoms with Crippen molar-refractivity contribution in [1.82, 2.24) is 30.0 Å². The SMILES string of the molecule is CC1CCN(C(CNC(=O)C2CCN(c3ccc4nncn4n3)CC2)c2ccccc2)CC1. The third-order valence-corrected chi connectivity index (χ3v) is 7.25. The second-order valence-electron chi connectivity index (χ2n) is 9.48. The first-order valence-electron chi connectivity index (χ1n) is 12.2. The summed E-state index contributed by atoms with van der Waals surface area (Å²) in [4.78, 5) is 17.9. The molecule has 8 nitrogen and oxygen atoms in total. The summed E-state index contributed by atoms with van der Waals surface area (Å²) in [6.07, 6.45) is 5.75. The number of nitrogens with one attached hydrogen (secondary N) is 1. The number of amides is 1. The molecule has 2 fully saturated rings. The summed E-state index contributed by atoms with van der Waals surface area (Å²) in [6.45, 7) is 6.85. The average Bonchev–Trinajstić information content (AvgIpc) is 3.34. The van der Waals surface area contributed by atoms with Crippen molar-refractivity contribution in [2.45, 2.75) is 38.6 Å². The van der Waals surface area contributed by atoms with Crippen LogP contribution in [0.2, 0.25) is 0 Å². The molecule has 0 spiro atoms. The molecule has 4 heterocycles. The molecule has 0 saturated carbocycles. The number of nitrogens with zero attached hydrogens (tertiary/aromatic N) is 6. The van der Waals surface area contributed by atoms with Gasteiger partial charge in [-0.1, -0.05) is 37.3 Å². The van der Waals surface area contributed by atoms with E-state index in [1.165, 1.54) is 18.4 Å². The van der Waals surface area contributed by atoms with Gasteiger partial charge in [0.05, 0.1) is 6.04 Å². The van der Waals surface area contributed by atoms with Gasteiger partial charge in [0.2, 0.25) is 5.91 Å². The number of carbonyl (C=O) groups excluding carboxylic acids is 1. The first-order chi connectivity index (χ1) is 16.2. The van der Waals surface area contributed by atoms with Gasteiger partial charge >= 0.3 is 0 Å². The Labute approximate surface area is 195 Å². The molecule has 174 valence electrons. The fourth-order valence-corrected chi connectivity index (χ4v) is 5.07. The summed E-state index contributed by atoms with van der Waals surface area (Å²) in [5, 5.41) is 15.8. The number of aromatic nitrogens is 4. The number of anilines is 1. The highest BCUT2D eigenvalue weighted by atomic mass is 16.1. The molecule has 1 amide bonds. The number of fused-ring (bicyclic) bond motifs is 1. The lowest BCUT2D eigenvalue weighted by atomic mass is 9.94. The Morgan fingerprint density at radius 1 is 1.03 bits per heavy atom. The molecule has 5 rings (SSSR count). The number of carbonyl (C=O) groups is 1. The minimum Gasteiger partial charge on any atom is -0.355 e. The highest BCUT2D eigenvalue weighted by Crippen LogP contribution is 2.27. The van der Waals surface area contributed by atoms with Crippen LogP contribution in [-0.4, -0.2) is 63.3 Å². The molecule has 2 aliphatic heterocycles. The molecule has 2 aromatic heterocycles. The van der Waals surface area contributed by atoms with E-state index in [1.54, 1.807) is 10.8 Å². The number of piperidine rings is 2. The van der Waals surface area contributed by atoms with Gasteiger partial charge in [-0.3, -0.25) is 9.69 Å². The molecular weight excluding hydrogens is 414 g/mol. The topological polar surface area (TPSA) is 78.7 Å². The largest absolute Gasteiger partial charge is 0.355 e. The van der Waals surface area contributed by atoms with E-state index < -0.39 is 0 Å². The monoisotopic (exact) mass is 447 g/mol. The van der Waals surface area contributed by atoms with Crippen molar-refractivity contribution in [3.8, 4) is 0 Å². The van der Waals surface area contributed by atoms with E-state index in [1.807, 2.05) is 12.1 Å². The van der Waals surface area contributed by atoms with Gasteiger partial charge in [0.15, 0.2) is 5.65 Å². The standard InChI is InChI=1S/C25H33N7O/c1-19-9-13-30(14-10-19)22(20-5-3-2-4-6-20)17-26-25(33)21-11-15-31(16-12-21)24-8-7-23-28-27-18-32(23)29-24/h2-8,18-19,21-22H,9-17H2,1H3,(H,26,33). The average molecular weight is 448 g/mol. The molecule has 1 N–H and O–H groups in total. The Kier molecular flexibility index (Phi) is 6.53. The zero-order valence-electron chi connectivity index (χ0n) is 19.3. The number of rotatable bonds is 6. The van der Waals surface area contributed by atoms with E-state index in [-0.39, 0.29) is 17.9 Å². The molecule has 2 saturated heterocycles. The Morgan fingerprint density at radius 2 is 1.79 bits per heavy atom. The zero-order chi connectivity index (χ0) is 22.6. The summed E-state index contributed by atoms with van der Waals surface area (Å²) < 4.78 is 1.69. The predicted octanol–water partition coefficient (Wildman–Crippen LogP) is 2.93. The summed E-state index contributed by atoms with van der Waals surface area (Å²) in [7, 11) is 0. The van der Waals surface area contributed by atoms with Crippen LogP contribution in [0.25, 0.3) is 5.65 Å². The van der Waals surface area contributed by atoms with Gasteiger partial charge in [-0.15, -0.1) is 15.3 Å². The lowest BCUT2D eigenvalue weighted by Crippen LogP contribution is -2.45. The van der Waals surface area contributed by atoms with E-state index in [2.05, 4.69) is 67.7 Å². The molecule has 0 radical (unpaired) electrons. The van der Waals surface area contributed by atoms with Crippen molar-refractivity contribution in [3.05, 3.63) is 54.4 Å². The summed E-state index contributed by atoms with van der Waals surface area (Å²) >= 11 is 0. The van der Waals surface area contributed by atoms with E-state index >= 15 is 0 Å². The van der Waals surface area contributed by atoms with Crippen molar-refractivity contribution >= 4 is 17.4 Å². The van der Waals surface area contributed by atoms with Crippen molar-refractivity contribution in [2.24, 2.45) is 11.8 Å². The van der Waals surface area contributed by atoms with Crippen molar-refractivity contribution < 1.29 is 4.79 Å². The normalized spacial score (nSPS) is 19.6. The Bertz CT molecular complexity index is 1050. The van der Waals surface area contributed by atoms with Gasteiger partial charge in [0, 0.05) is 25.6 Å². The van der Waals surface area contributed by atoms with Gasteiger partial charge in [-0.25, -0.2) is 0 Å². The van der Waals surface area contributed by atoms with Gasteiger partial charge in [-0.05, 0) is 62.4 Å². The molecule has 1 atom stereocenters. The Morgan fingerprint density at radius 3 is 2.55 bits per heavy atom. The summed E-state index contributed by atoms with van der Waals surface area (Å²) in [5.41, 5.74) is 2.03. The fraction of sp³-hybridized carbons (Fsp3) is 0.520. The quantitative estimate of drug-likeness (QED) is 0.626. The third-order valence-electron chi connectivity index (χ3n) is 7.25. The summed E-state index contributed by atoms with van der Waals surface area (Å²) in [6, 6.07) is 14.8. The predicted molar refractivity (Wildman–Crippen MR) is 128 cm³/mol. The van der Waals surface area contributed by atoms with Gasteiger partial charge in [-0.2, -0.15) is 4.52 Å². The minimum absolute atomic E-state index is 0.0534. The van der Waals surface area contributed by atoms with Crippen LogP contribution in [0.15, 0.2) is 48.8 Å². The fourth-order valence-electron chi connectivity index (χ4n) is 5.07. The van der Waals surface area contributed by atoms with Gasteiger partial charge < -0.3 is 10.2 Å². The van der Waals surface area contributed by atoms with Crippen molar-refractivity contribution in [1.29, 1.82) is 0 Å². The van der Waals surface area contributed by atoms with E-state index in [0.29, 0.717) is 6.54 Å². The lowest BCUT2D eigenvalue weighted by Gasteiger charge is -2.37. The highest BCUT2D eigenvalue weighted by molar-refractivity contribution is 5.79. The maximum absolute atomic E-state index is 13.1. The van der Waals surface area contributed by atoms with Crippen LogP contribution in [0.5, 0.6) is 0 Å². The van der Waals surface area contributed by atoms with E-state index in [9.17, 15) is 4.79 Å². The first kappa shape index (κ1) is 21.8. The Balaban J connectivity index is 1.17. The number of benzene rings is 1. The second-order valence-corrected chi connectivity index (χ2v) is 9.48. The molecule has 33 heavy (non-hydrogen) atoms. The lowest BCUT2D eigenvalue weighted by molar-refractivity contribution is -0.125. The molecule has 1 aromatic carbocycles.